The van der Waals surface area contributed by atoms with Gasteiger partial charge in [0.15, 0.2) is 0 Å². The van der Waals surface area contributed by atoms with E-state index in [4.69, 9.17) is 0 Å². The molecule has 2 unspecified atom stereocenters. The second-order valence-corrected chi connectivity index (χ2v) is 4.69. The molecule has 0 radical (unpaired) electrons. The number of nitrogens with zero attached hydrogens (tertiary/aromatic N) is 3. The third kappa shape index (κ3) is 2.46. The molecule has 2 heterocycles. The fraction of sp³-hybridized carbons (Fsp3) is 0.583. The molecular weight excluding hydrogens is 250 g/mol. The molecule has 1 amide bonds. The Morgan fingerprint density at radius 1 is 1.53 bits per heavy atom. The van der Waals surface area contributed by atoms with Crippen LogP contribution in [0.25, 0.3) is 0 Å². The molecule has 2 atom stereocenters. The third-order valence-corrected chi connectivity index (χ3v) is 3.26. The summed E-state index contributed by atoms with van der Waals surface area (Å²) in [6, 6.07) is -0.730. The Morgan fingerprint density at radius 2 is 2.21 bits per heavy atom. The van der Waals surface area contributed by atoms with E-state index in [-0.39, 0.29) is 18.9 Å². The van der Waals surface area contributed by atoms with Gasteiger partial charge in [0.25, 0.3) is 5.91 Å². The van der Waals surface area contributed by atoms with Crippen LogP contribution in [0.15, 0.2) is 6.20 Å². The van der Waals surface area contributed by atoms with Gasteiger partial charge >= 0.3 is 5.97 Å². The highest BCUT2D eigenvalue weighted by atomic mass is 16.5. The van der Waals surface area contributed by atoms with Crippen LogP contribution in [0.5, 0.6) is 0 Å². The lowest BCUT2D eigenvalue weighted by Crippen LogP contribution is -2.41. The van der Waals surface area contributed by atoms with Crippen LogP contribution in [0.3, 0.4) is 0 Å². The van der Waals surface area contributed by atoms with Gasteiger partial charge in [-0.05, 0) is 6.92 Å². The number of carbonyl (C=O) groups is 2. The molecule has 1 fully saturated rings. The summed E-state index contributed by atoms with van der Waals surface area (Å²) in [6.45, 7) is 1.86. The first-order chi connectivity index (χ1) is 8.93. The van der Waals surface area contributed by atoms with E-state index in [9.17, 15) is 14.7 Å². The van der Waals surface area contributed by atoms with Crippen LogP contribution in [-0.4, -0.2) is 57.5 Å². The van der Waals surface area contributed by atoms with E-state index in [1.54, 1.807) is 24.9 Å². The number of amides is 1. The topological polar surface area (TPSA) is 84.7 Å². The van der Waals surface area contributed by atoms with Gasteiger partial charge in [-0.1, -0.05) is 0 Å². The first kappa shape index (κ1) is 13.5. The fourth-order valence-corrected chi connectivity index (χ4v) is 2.36. The normalized spacial score (nSPS) is 22.6. The van der Waals surface area contributed by atoms with Crippen molar-refractivity contribution in [1.29, 1.82) is 0 Å². The molecule has 0 saturated carbocycles. The monoisotopic (exact) mass is 267 g/mol. The Kier molecular flexibility index (Phi) is 3.57. The van der Waals surface area contributed by atoms with Crippen molar-refractivity contribution in [1.82, 2.24) is 14.7 Å². The second kappa shape index (κ2) is 5.00. The number of aliphatic hydroxyl groups is 1. The largest absolute Gasteiger partial charge is 0.467 e. The number of carbonyl (C=O) groups excluding carboxylic acids is 2. The van der Waals surface area contributed by atoms with Crippen molar-refractivity contribution in [3.8, 4) is 0 Å². The summed E-state index contributed by atoms with van der Waals surface area (Å²) in [5.41, 5.74) is 1.03. The fourth-order valence-electron chi connectivity index (χ4n) is 2.36. The Hall–Kier alpha value is -1.89. The minimum atomic E-state index is -0.730. The minimum absolute atomic E-state index is 0.132. The number of ether oxygens (including phenoxy) is 1. The van der Waals surface area contributed by atoms with E-state index < -0.39 is 18.1 Å². The van der Waals surface area contributed by atoms with E-state index in [1.807, 2.05) is 0 Å². The van der Waals surface area contributed by atoms with Crippen molar-refractivity contribution in [2.24, 2.45) is 7.05 Å². The summed E-state index contributed by atoms with van der Waals surface area (Å²) >= 11 is 0. The van der Waals surface area contributed by atoms with E-state index in [0.29, 0.717) is 11.3 Å². The van der Waals surface area contributed by atoms with E-state index >= 15 is 0 Å². The Bertz CT molecular complexity index is 511. The van der Waals surface area contributed by atoms with Crippen LogP contribution < -0.4 is 0 Å². The number of aryl methyl sites for hydroxylation is 2. The van der Waals surface area contributed by atoms with Gasteiger partial charge in [-0.2, -0.15) is 5.10 Å². The zero-order valence-corrected chi connectivity index (χ0v) is 11.2. The predicted octanol–water partition coefficient (Wildman–Crippen LogP) is -0.523. The molecular formula is C12H17N3O4. The third-order valence-electron chi connectivity index (χ3n) is 3.26. The predicted molar refractivity (Wildman–Crippen MR) is 65.4 cm³/mol. The Labute approximate surface area is 110 Å². The molecule has 1 saturated heterocycles. The molecule has 1 aliphatic rings. The summed E-state index contributed by atoms with van der Waals surface area (Å²) in [5, 5.41) is 13.8. The van der Waals surface area contributed by atoms with E-state index in [0.717, 1.165) is 0 Å². The summed E-state index contributed by atoms with van der Waals surface area (Å²) in [4.78, 5) is 25.4. The number of methoxy groups -OCH3 is 1. The molecule has 7 nitrogen and oxygen atoms in total. The van der Waals surface area contributed by atoms with Crippen molar-refractivity contribution in [2.45, 2.75) is 25.5 Å². The first-order valence-corrected chi connectivity index (χ1v) is 6.01. The molecule has 1 aliphatic heterocycles. The number of esters is 1. The zero-order valence-electron chi connectivity index (χ0n) is 11.2. The van der Waals surface area contributed by atoms with Gasteiger partial charge in [-0.3, -0.25) is 9.48 Å². The quantitative estimate of drug-likeness (QED) is 0.729. The molecule has 1 aromatic rings. The maximum absolute atomic E-state index is 12.4. The lowest BCUT2D eigenvalue weighted by atomic mass is 10.2. The highest BCUT2D eigenvalue weighted by Gasteiger charge is 2.40. The molecule has 1 aromatic heterocycles. The summed E-state index contributed by atoms with van der Waals surface area (Å²) in [5.74, 6) is -0.816. The van der Waals surface area contributed by atoms with Gasteiger partial charge in [0.2, 0.25) is 0 Å². The molecule has 0 aliphatic carbocycles. The van der Waals surface area contributed by atoms with Crippen molar-refractivity contribution >= 4 is 11.9 Å². The van der Waals surface area contributed by atoms with Gasteiger partial charge in [0, 0.05) is 26.2 Å². The van der Waals surface area contributed by atoms with Gasteiger partial charge in [-0.15, -0.1) is 0 Å². The molecule has 7 heteroatoms. The van der Waals surface area contributed by atoms with Crippen LogP contribution in [0.4, 0.5) is 0 Å². The maximum Gasteiger partial charge on any atom is 0.328 e. The summed E-state index contributed by atoms with van der Waals surface area (Å²) in [7, 11) is 2.99. The van der Waals surface area contributed by atoms with Gasteiger partial charge in [-0.25, -0.2) is 4.79 Å². The number of aliphatic hydroxyl groups excluding tert-OH is 1. The average molecular weight is 267 g/mol. The van der Waals surface area contributed by atoms with E-state index in [2.05, 4.69) is 9.84 Å². The van der Waals surface area contributed by atoms with Crippen molar-refractivity contribution in [3.63, 3.8) is 0 Å². The van der Waals surface area contributed by atoms with Crippen molar-refractivity contribution in [2.75, 3.05) is 13.7 Å². The highest BCUT2D eigenvalue weighted by Crippen LogP contribution is 2.22. The van der Waals surface area contributed by atoms with Crippen molar-refractivity contribution < 1.29 is 19.4 Å². The molecule has 19 heavy (non-hydrogen) atoms. The molecule has 0 aromatic carbocycles. The summed E-state index contributed by atoms with van der Waals surface area (Å²) < 4.78 is 6.21. The van der Waals surface area contributed by atoms with Gasteiger partial charge in [0.1, 0.15) is 6.04 Å². The average Bonchev–Trinajstić information content (AvgIpc) is 2.90. The Balaban J connectivity index is 2.26. The smallest absolute Gasteiger partial charge is 0.328 e. The lowest BCUT2D eigenvalue weighted by molar-refractivity contribution is -0.145. The van der Waals surface area contributed by atoms with Crippen LogP contribution in [0.1, 0.15) is 22.5 Å². The van der Waals surface area contributed by atoms with Crippen LogP contribution >= 0.6 is 0 Å². The number of rotatable bonds is 2. The zero-order chi connectivity index (χ0) is 14.2. The van der Waals surface area contributed by atoms with Crippen LogP contribution in [0, 0.1) is 6.92 Å². The van der Waals surface area contributed by atoms with Crippen LogP contribution in [-0.2, 0) is 16.6 Å². The molecule has 2 rings (SSSR count). The van der Waals surface area contributed by atoms with Gasteiger partial charge in [0.05, 0.1) is 24.5 Å². The standard InChI is InChI=1S/C12H17N3O4/c1-7-9(6-14(2)13-7)11(17)15-5-8(16)4-10(15)12(18)19-3/h6,8,10,16H,4-5H2,1-3H3. The lowest BCUT2D eigenvalue weighted by Gasteiger charge is -2.21. The van der Waals surface area contributed by atoms with Crippen LogP contribution in [0.2, 0.25) is 0 Å². The molecule has 0 spiro atoms. The maximum atomic E-state index is 12.4. The highest BCUT2D eigenvalue weighted by molar-refractivity contribution is 5.97. The van der Waals surface area contributed by atoms with Gasteiger partial charge < -0.3 is 14.7 Å². The van der Waals surface area contributed by atoms with Crippen molar-refractivity contribution in [3.05, 3.63) is 17.5 Å². The number of aromatic nitrogens is 2. The number of hydrogen-bond donors (Lipinski definition) is 1. The first-order valence-electron chi connectivity index (χ1n) is 6.01. The number of β-amino-alcohol motifs (C(OH)–C–C–N with tert-alkyl or cyclic N) is 1. The molecule has 104 valence electrons. The minimum Gasteiger partial charge on any atom is -0.467 e. The number of hydrogen-bond acceptors (Lipinski definition) is 5. The molecule has 1 N–H and O–H groups in total. The summed E-state index contributed by atoms with van der Waals surface area (Å²) in [6.07, 6.45) is 1.11. The SMILES string of the molecule is COC(=O)C1CC(O)CN1C(=O)c1cn(C)nc1C. The number of likely N-dealkylation sites (tertiary alicyclic amines) is 1. The second-order valence-electron chi connectivity index (χ2n) is 4.69. The Morgan fingerprint density at radius 3 is 2.74 bits per heavy atom. The molecule has 0 bridgehead atoms. The van der Waals surface area contributed by atoms with E-state index in [1.165, 1.54) is 12.0 Å².